The van der Waals surface area contributed by atoms with Crippen LogP contribution in [0.4, 0.5) is 0 Å². The molecule has 1 aliphatic heterocycles. The van der Waals surface area contributed by atoms with E-state index in [0.29, 0.717) is 18.4 Å². The van der Waals surface area contributed by atoms with Crippen LogP contribution in [0.25, 0.3) is 0 Å². The van der Waals surface area contributed by atoms with E-state index in [1.165, 1.54) is 6.33 Å². The topological polar surface area (TPSA) is 56.3 Å². The molecule has 0 unspecified atom stereocenters. The molecule has 0 spiro atoms. The van der Waals surface area contributed by atoms with Gasteiger partial charge in [0.15, 0.2) is 0 Å². The summed E-state index contributed by atoms with van der Waals surface area (Å²) in [5.41, 5.74) is 0. The lowest BCUT2D eigenvalue weighted by molar-refractivity contribution is 0.154. The molecule has 2 rings (SSSR count). The predicted molar refractivity (Wildman–Crippen MR) is 64.3 cm³/mol. The summed E-state index contributed by atoms with van der Waals surface area (Å²) in [6.07, 6.45) is 4.75. The van der Waals surface area contributed by atoms with Crippen molar-refractivity contribution < 1.29 is 9.47 Å². The molecule has 1 saturated heterocycles. The SMILES string of the molecule is CCCOc1cc(OC2CCNCC2)ncn1. The van der Waals surface area contributed by atoms with Crippen molar-refractivity contribution in [3.63, 3.8) is 0 Å². The highest BCUT2D eigenvalue weighted by molar-refractivity contribution is 5.18. The zero-order chi connectivity index (χ0) is 11.9. The monoisotopic (exact) mass is 237 g/mol. The maximum atomic E-state index is 5.80. The molecule has 1 aromatic rings. The fraction of sp³-hybridized carbons (Fsp3) is 0.667. The molecule has 17 heavy (non-hydrogen) atoms. The van der Waals surface area contributed by atoms with Crippen molar-refractivity contribution in [2.24, 2.45) is 0 Å². The first-order valence-corrected chi connectivity index (χ1v) is 6.20. The highest BCUT2D eigenvalue weighted by atomic mass is 16.5. The van der Waals surface area contributed by atoms with E-state index in [1.54, 1.807) is 6.07 Å². The molecule has 1 fully saturated rings. The van der Waals surface area contributed by atoms with Crippen LogP contribution >= 0.6 is 0 Å². The lowest BCUT2D eigenvalue weighted by Gasteiger charge is -2.23. The maximum Gasteiger partial charge on any atom is 0.220 e. The van der Waals surface area contributed by atoms with Gasteiger partial charge in [0.2, 0.25) is 11.8 Å². The van der Waals surface area contributed by atoms with Crippen molar-refractivity contribution in [2.75, 3.05) is 19.7 Å². The highest BCUT2D eigenvalue weighted by Crippen LogP contribution is 2.17. The van der Waals surface area contributed by atoms with Gasteiger partial charge in [0, 0.05) is 0 Å². The number of nitrogens with one attached hydrogen (secondary N) is 1. The number of rotatable bonds is 5. The molecule has 0 saturated carbocycles. The van der Waals surface area contributed by atoms with E-state index in [1.807, 2.05) is 0 Å². The van der Waals surface area contributed by atoms with Gasteiger partial charge in [-0.1, -0.05) is 6.92 Å². The molecule has 2 heterocycles. The Bertz CT molecular complexity index is 340. The fourth-order valence-electron chi connectivity index (χ4n) is 1.76. The van der Waals surface area contributed by atoms with Crippen molar-refractivity contribution >= 4 is 0 Å². The summed E-state index contributed by atoms with van der Waals surface area (Å²) in [5.74, 6) is 1.20. The summed E-state index contributed by atoms with van der Waals surface area (Å²) in [5, 5.41) is 3.30. The lowest BCUT2D eigenvalue weighted by Crippen LogP contribution is -2.34. The van der Waals surface area contributed by atoms with E-state index >= 15 is 0 Å². The Kier molecular flexibility index (Phi) is 4.55. The average molecular weight is 237 g/mol. The first kappa shape index (κ1) is 12.1. The summed E-state index contributed by atoms with van der Waals surface area (Å²) >= 11 is 0. The third-order valence-corrected chi connectivity index (χ3v) is 2.64. The lowest BCUT2D eigenvalue weighted by atomic mass is 10.1. The Morgan fingerprint density at radius 1 is 1.29 bits per heavy atom. The normalized spacial score (nSPS) is 16.8. The Morgan fingerprint density at radius 2 is 2.06 bits per heavy atom. The summed E-state index contributed by atoms with van der Waals surface area (Å²) < 4.78 is 11.2. The minimum absolute atomic E-state index is 0.255. The van der Waals surface area contributed by atoms with E-state index in [2.05, 4.69) is 22.2 Å². The van der Waals surface area contributed by atoms with Gasteiger partial charge in [0.1, 0.15) is 12.4 Å². The number of hydrogen-bond acceptors (Lipinski definition) is 5. The molecule has 0 amide bonds. The van der Waals surface area contributed by atoms with Crippen LogP contribution in [0.2, 0.25) is 0 Å². The van der Waals surface area contributed by atoms with Gasteiger partial charge >= 0.3 is 0 Å². The van der Waals surface area contributed by atoms with Gasteiger partial charge in [-0.3, -0.25) is 0 Å². The summed E-state index contributed by atoms with van der Waals surface area (Å²) in [7, 11) is 0. The summed E-state index contributed by atoms with van der Waals surface area (Å²) in [6.45, 7) is 4.75. The van der Waals surface area contributed by atoms with Crippen LogP contribution in [0.1, 0.15) is 26.2 Å². The Balaban J connectivity index is 1.90. The first-order valence-electron chi connectivity index (χ1n) is 6.20. The van der Waals surface area contributed by atoms with E-state index in [9.17, 15) is 0 Å². The second-order valence-electron chi connectivity index (χ2n) is 4.11. The molecule has 1 aliphatic rings. The van der Waals surface area contributed by atoms with E-state index in [0.717, 1.165) is 32.4 Å². The second kappa shape index (κ2) is 6.39. The number of hydrogen-bond donors (Lipinski definition) is 1. The van der Waals surface area contributed by atoms with Crippen molar-refractivity contribution in [2.45, 2.75) is 32.3 Å². The third kappa shape index (κ3) is 3.85. The number of piperidine rings is 1. The largest absolute Gasteiger partial charge is 0.478 e. The quantitative estimate of drug-likeness (QED) is 0.838. The molecule has 0 radical (unpaired) electrons. The average Bonchev–Trinajstić information content (AvgIpc) is 2.38. The zero-order valence-corrected chi connectivity index (χ0v) is 10.2. The molecule has 5 nitrogen and oxygen atoms in total. The second-order valence-corrected chi connectivity index (χ2v) is 4.11. The van der Waals surface area contributed by atoms with Gasteiger partial charge in [-0.25, -0.2) is 9.97 Å². The van der Waals surface area contributed by atoms with E-state index in [4.69, 9.17) is 9.47 Å². The van der Waals surface area contributed by atoms with Gasteiger partial charge in [0.05, 0.1) is 12.7 Å². The molecule has 1 aromatic heterocycles. The Morgan fingerprint density at radius 3 is 2.82 bits per heavy atom. The van der Waals surface area contributed by atoms with Crippen LogP contribution in [-0.2, 0) is 0 Å². The minimum Gasteiger partial charge on any atom is -0.478 e. The van der Waals surface area contributed by atoms with Crippen molar-refractivity contribution in [3.05, 3.63) is 12.4 Å². The van der Waals surface area contributed by atoms with Gasteiger partial charge in [-0.2, -0.15) is 0 Å². The smallest absolute Gasteiger partial charge is 0.220 e. The minimum atomic E-state index is 0.255. The van der Waals surface area contributed by atoms with Crippen LogP contribution in [0.15, 0.2) is 12.4 Å². The molecule has 1 N–H and O–H groups in total. The van der Waals surface area contributed by atoms with Gasteiger partial charge in [-0.15, -0.1) is 0 Å². The van der Waals surface area contributed by atoms with Gasteiger partial charge < -0.3 is 14.8 Å². The molecule has 0 atom stereocenters. The van der Waals surface area contributed by atoms with Crippen LogP contribution in [0, 0.1) is 0 Å². The Hall–Kier alpha value is -1.36. The van der Waals surface area contributed by atoms with Gasteiger partial charge in [-0.05, 0) is 32.4 Å². The van der Waals surface area contributed by atoms with Crippen molar-refractivity contribution in [3.8, 4) is 11.8 Å². The molecule has 0 bridgehead atoms. The molecule has 0 aliphatic carbocycles. The maximum absolute atomic E-state index is 5.80. The third-order valence-electron chi connectivity index (χ3n) is 2.64. The fourth-order valence-corrected chi connectivity index (χ4v) is 1.76. The number of aromatic nitrogens is 2. The van der Waals surface area contributed by atoms with Crippen molar-refractivity contribution in [1.82, 2.24) is 15.3 Å². The van der Waals surface area contributed by atoms with Crippen LogP contribution in [0.3, 0.4) is 0 Å². The van der Waals surface area contributed by atoms with Crippen LogP contribution < -0.4 is 14.8 Å². The van der Waals surface area contributed by atoms with E-state index < -0.39 is 0 Å². The molecular formula is C12H19N3O2. The highest BCUT2D eigenvalue weighted by Gasteiger charge is 2.15. The summed E-state index contributed by atoms with van der Waals surface area (Å²) in [4.78, 5) is 8.15. The molecule has 0 aromatic carbocycles. The summed E-state index contributed by atoms with van der Waals surface area (Å²) in [6, 6.07) is 1.76. The number of ether oxygens (including phenoxy) is 2. The van der Waals surface area contributed by atoms with Crippen molar-refractivity contribution in [1.29, 1.82) is 0 Å². The van der Waals surface area contributed by atoms with E-state index in [-0.39, 0.29) is 6.10 Å². The Labute approximate surface area is 102 Å². The standard InChI is InChI=1S/C12H19N3O2/c1-2-7-16-11-8-12(15-9-14-11)17-10-3-5-13-6-4-10/h8-10,13H,2-7H2,1H3. The van der Waals surface area contributed by atoms with Crippen LogP contribution in [0.5, 0.6) is 11.8 Å². The molecular weight excluding hydrogens is 218 g/mol. The predicted octanol–water partition coefficient (Wildman–Crippen LogP) is 1.40. The first-order chi connectivity index (χ1) is 8.38. The molecule has 94 valence electrons. The molecule has 5 heteroatoms. The zero-order valence-electron chi connectivity index (χ0n) is 10.2. The van der Waals surface area contributed by atoms with Crippen LogP contribution in [-0.4, -0.2) is 35.8 Å². The number of nitrogens with zero attached hydrogens (tertiary/aromatic N) is 2. The van der Waals surface area contributed by atoms with Gasteiger partial charge in [0.25, 0.3) is 0 Å².